The normalized spacial score (nSPS) is 13.7. The van der Waals surface area contributed by atoms with Crippen molar-refractivity contribution in [2.75, 3.05) is 19.5 Å². The second-order valence-corrected chi connectivity index (χ2v) is 4.76. The van der Waals surface area contributed by atoms with Gasteiger partial charge < -0.3 is 20.9 Å². The van der Waals surface area contributed by atoms with Crippen molar-refractivity contribution in [1.29, 1.82) is 0 Å². The van der Waals surface area contributed by atoms with E-state index in [2.05, 4.69) is 5.32 Å². The zero-order valence-electron chi connectivity index (χ0n) is 11.7. The van der Waals surface area contributed by atoms with Crippen LogP contribution >= 0.6 is 0 Å². The molecule has 0 bridgehead atoms. The van der Waals surface area contributed by atoms with E-state index >= 15 is 0 Å². The van der Waals surface area contributed by atoms with Crippen LogP contribution in [0.2, 0.25) is 0 Å². The van der Waals surface area contributed by atoms with Gasteiger partial charge in [0, 0.05) is 12.1 Å². The number of rotatable bonds is 6. The number of hydrogen-bond donors (Lipinski definition) is 3. The van der Waals surface area contributed by atoms with Crippen molar-refractivity contribution in [1.82, 2.24) is 5.32 Å². The maximum Gasteiger partial charge on any atom is 0.253 e. The van der Waals surface area contributed by atoms with Crippen molar-refractivity contribution < 1.29 is 14.6 Å². The van der Waals surface area contributed by atoms with Crippen molar-refractivity contribution in [2.45, 2.75) is 32.2 Å². The van der Waals surface area contributed by atoms with Gasteiger partial charge in [-0.15, -0.1) is 0 Å². The Kier molecular flexibility index (Phi) is 5.18. The number of aliphatic hydroxyl groups is 1. The lowest BCUT2D eigenvalue weighted by Crippen LogP contribution is -2.46. The van der Waals surface area contributed by atoms with Gasteiger partial charge in [-0.3, -0.25) is 4.79 Å². The van der Waals surface area contributed by atoms with Gasteiger partial charge in [0.25, 0.3) is 5.91 Å². The van der Waals surface area contributed by atoms with Gasteiger partial charge in [0.05, 0.1) is 18.4 Å². The van der Waals surface area contributed by atoms with Crippen LogP contribution in [0, 0.1) is 0 Å². The van der Waals surface area contributed by atoms with E-state index in [1.165, 1.54) is 7.11 Å². The predicted octanol–water partition coefficient (Wildman–Crippen LogP) is 1.56. The number of ether oxygens (including phenoxy) is 1. The molecule has 0 heterocycles. The molecule has 0 saturated heterocycles. The maximum atomic E-state index is 12.3. The van der Waals surface area contributed by atoms with Gasteiger partial charge in [-0.05, 0) is 31.9 Å². The van der Waals surface area contributed by atoms with Crippen LogP contribution in [0.25, 0.3) is 0 Å². The zero-order valence-corrected chi connectivity index (χ0v) is 11.7. The van der Waals surface area contributed by atoms with Gasteiger partial charge >= 0.3 is 0 Å². The van der Waals surface area contributed by atoms with E-state index in [0.29, 0.717) is 23.4 Å². The van der Waals surface area contributed by atoms with Crippen molar-refractivity contribution in [2.24, 2.45) is 0 Å². The van der Waals surface area contributed by atoms with Crippen LogP contribution in [0.1, 0.15) is 37.0 Å². The number of hydrogen-bond acceptors (Lipinski definition) is 4. The minimum absolute atomic E-state index is 0.0260. The predicted molar refractivity (Wildman–Crippen MR) is 75.3 cm³/mol. The fraction of sp³-hybridized carbons (Fsp3) is 0.500. The number of amides is 1. The number of para-hydroxylation sites is 1. The molecule has 0 fully saturated rings. The standard InChI is InChI=1S/C14H22N2O3/c1-4-14(2,8-9-17)16-13(18)10-6-5-7-11(19-3)12(10)15/h5-7,17H,4,8-9,15H2,1-3H3,(H,16,18). The van der Waals surface area contributed by atoms with Gasteiger partial charge in [-0.25, -0.2) is 0 Å². The molecule has 1 rings (SSSR count). The average Bonchev–Trinajstić information content (AvgIpc) is 2.39. The monoisotopic (exact) mass is 266 g/mol. The summed E-state index contributed by atoms with van der Waals surface area (Å²) in [6.45, 7) is 3.89. The lowest BCUT2D eigenvalue weighted by molar-refractivity contribution is 0.0887. The molecule has 0 aliphatic heterocycles. The number of methoxy groups -OCH3 is 1. The second kappa shape index (κ2) is 6.43. The third-order valence-corrected chi connectivity index (χ3v) is 3.39. The number of anilines is 1. The fourth-order valence-corrected chi connectivity index (χ4v) is 1.84. The Balaban J connectivity index is 2.95. The highest BCUT2D eigenvalue weighted by molar-refractivity contribution is 6.00. The molecule has 106 valence electrons. The summed E-state index contributed by atoms with van der Waals surface area (Å²) in [5.74, 6) is 0.224. The van der Waals surface area contributed by atoms with E-state index in [0.717, 1.165) is 6.42 Å². The fourth-order valence-electron chi connectivity index (χ4n) is 1.84. The van der Waals surface area contributed by atoms with Crippen LogP contribution in [-0.2, 0) is 0 Å². The van der Waals surface area contributed by atoms with Crippen molar-refractivity contribution in [3.05, 3.63) is 23.8 Å². The first-order valence-electron chi connectivity index (χ1n) is 6.33. The molecule has 0 radical (unpaired) electrons. The van der Waals surface area contributed by atoms with E-state index in [1.54, 1.807) is 18.2 Å². The molecule has 1 aromatic rings. The Morgan fingerprint density at radius 3 is 2.74 bits per heavy atom. The Morgan fingerprint density at radius 1 is 1.53 bits per heavy atom. The first-order valence-corrected chi connectivity index (χ1v) is 6.33. The van der Waals surface area contributed by atoms with Gasteiger partial charge in [0.2, 0.25) is 0 Å². The molecular weight excluding hydrogens is 244 g/mol. The lowest BCUT2D eigenvalue weighted by Gasteiger charge is -2.29. The summed E-state index contributed by atoms with van der Waals surface area (Å²) < 4.78 is 5.09. The minimum atomic E-state index is -0.443. The van der Waals surface area contributed by atoms with E-state index < -0.39 is 5.54 Å². The van der Waals surface area contributed by atoms with Gasteiger partial charge in [0.15, 0.2) is 0 Å². The third kappa shape index (κ3) is 3.61. The van der Waals surface area contributed by atoms with Crippen LogP contribution in [0.5, 0.6) is 5.75 Å². The van der Waals surface area contributed by atoms with Crippen molar-refractivity contribution in [3.8, 4) is 5.75 Å². The van der Waals surface area contributed by atoms with Crippen LogP contribution < -0.4 is 15.8 Å². The Morgan fingerprint density at radius 2 is 2.21 bits per heavy atom. The van der Waals surface area contributed by atoms with E-state index in [1.807, 2.05) is 13.8 Å². The number of carbonyl (C=O) groups excluding carboxylic acids is 1. The van der Waals surface area contributed by atoms with Crippen molar-refractivity contribution in [3.63, 3.8) is 0 Å². The summed E-state index contributed by atoms with van der Waals surface area (Å²) in [4.78, 5) is 12.3. The average molecular weight is 266 g/mol. The second-order valence-electron chi connectivity index (χ2n) is 4.76. The number of benzene rings is 1. The zero-order chi connectivity index (χ0) is 14.5. The highest BCUT2D eigenvalue weighted by Gasteiger charge is 2.25. The maximum absolute atomic E-state index is 12.3. The van der Waals surface area contributed by atoms with Crippen LogP contribution in [-0.4, -0.2) is 30.3 Å². The molecule has 1 unspecified atom stereocenters. The van der Waals surface area contributed by atoms with E-state index in [-0.39, 0.29) is 12.5 Å². The molecule has 1 amide bonds. The number of nitrogens with one attached hydrogen (secondary N) is 1. The number of nitrogen functional groups attached to an aromatic ring is 1. The van der Waals surface area contributed by atoms with E-state index in [4.69, 9.17) is 15.6 Å². The number of aliphatic hydroxyl groups excluding tert-OH is 1. The number of carbonyl (C=O) groups is 1. The van der Waals surface area contributed by atoms with Gasteiger partial charge in [-0.1, -0.05) is 13.0 Å². The molecule has 0 aromatic heterocycles. The Labute approximate surface area is 113 Å². The highest BCUT2D eigenvalue weighted by Crippen LogP contribution is 2.25. The minimum Gasteiger partial charge on any atom is -0.495 e. The molecule has 0 saturated carbocycles. The molecule has 1 aromatic carbocycles. The first kappa shape index (κ1) is 15.3. The summed E-state index contributed by atoms with van der Waals surface area (Å²) in [6, 6.07) is 5.08. The summed E-state index contributed by atoms with van der Waals surface area (Å²) in [6.07, 6.45) is 1.22. The van der Waals surface area contributed by atoms with Crippen LogP contribution in [0.3, 0.4) is 0 Å². The largest absolute Gasteiger partial charge is 0.495 e. The van der Waals surface area contributed by atoms with Crippen LogP contribution in [0.4, 0.5) is 5.69 Å². The van der Waals surface area contributed by atoms with Crippen molar-refractivity contribution >= 4 is 11.6 Å². The van der Waals surface area contributed by atoms with Gasteiger partial charge in [-0.2, -0.15) is 0 Å². The molecule has 0 aliphatic carbocycles. The van der Waals surface area contributed by atoms with Gasteiger partial charge in [0.1, 0.15) is 5.75 Å². The molecule has 1 atom stereocenters. The molecular formula is C14H22N2O3. The molecule has 5 nitrogen and oxygen atoms in total. The summed E-state index contributed by atoms with van der Waals surface area (Å²) in [7, 11) is 1.51. The Hall–Kier alpha value is -1.75. The highest BCUT2D eigenvalue weighted by atomic mass is 16.5. The SMILES string of the molecule is CCC(C)(CCO)NC(=O)c1cccc(OC)c1N. The quantitative estimate of drug-likeness (QED) is 0.682. The van der Waals surface area contributed by atoms with Crippen LogP contribution in [0.15, 0.2) is 18.2 Å². The Bertz CT molecular complexity index is 448. The summed E-state index contributed by atoms with van der Waals surface area (Å²) in [5.41, 5.74) is 6.16. The third-order valence-electron chi connectivity index (χ3n) is 3.39. The molecule has 0 spiro atoms. The summed E-state index contributed by atoms with van der Waals surface area (Å²) >= 11 is 0. The number of nitrogens with two attached hydrogens (primary N) is 1. The molecule has 4 N–H and O–H groups in total. The molecule has 5 heteroatoms. The smallest absolute Gasteiger partial charge is 0.253 e. The molecule has 19 heavy (non-hydrogen) atoms. The lowest BCUT2D eigenvalue weighted by atomic mass is 9.94. The summed E-state index contributed by atoms with van der Waals surface area (Å²) in [5, 5.41) is 12.0. The van der Waals surface area contributed by atoms with E-state index in [9.17, 15) is 4.79 Å². The first-order chi connectivity index (χ1) is 8.97. The topological polar surface area (TPSA) is 84.6 Å². The molecule has 0 aliphatic rings.